The molecule has 1 amide bonds. The Hall–Kier alpha value is -2.40. The van der Waals surface area contributed by atoms with E-state index in [1.165, 1.54) is 5.56 Å². The summed E-state index contributed by atoms with van der Waals surface area (Å²) in [7, 11) is 4.07. The van der Waals surface area contributed by atoms with Crippen molar-refractivity contribution in [2.24, 2.45) is 0 Å². The van der Waals surface area contributed by atoms with Crippen LogP contribution in [-0.4, -0.2) is 49.5 Å². The quantitative estimate of drug-likeness (QED) is 0.920. The predicted octanol–water partition coefficient (Wildman–Crippen LogP) is 2.26. The number of hydrogen-bond donors (Lipinski definition) is 1. The molecule has 2 heterocycles. The van der Waals surface area contributed by atoms with Crippen LogP contribution in [0, 0.1) is 0 Å². The number of nitrogens with one attached hydrogen (secondary N) is 1. The lowest BCUT2D eigenvalue weighted by atomic mass is 10.2. The van der Waals surface area contributed by atoms with Crippen molar-refractivity contribution in [3.05, 3.63) is 53.7 Å². The Labute approximate surface area is 136 Å². The minimum Gasteiger partial charge on any atom is -0.369 e. The number of aromatic nitrogens is 1. The number of hydrogen-bond acceptors (Lipinski definition) is 4. The molecule has 0 bridgehead atoms. The summed E-state index contributed by atoms with van der Waals surface area (Å²) in [6.45, 7) is 2.50. The van der Waals surface area contributed by atoms with Crippen LogP contribution in [0.25, 0.3) is 0 Å². The summed E-state index contributed by atoms with van der Waals surface area (Å²) >= 11 is 0. The Morgan fingerprint density at radius 3 is 2.83 bits per heavy atom. The van der Waals surface area contributed by atoms with Crippen LogP contribution in [0.3, 0.4) is 0 Å². The second-order valence-corrected chi connectivity index (χ2v) is 6.00. The minimum absolute atomic E-state index is 0.0160. The minimum atomic E-state index is 0.0160. The van der Waals surface area contributed by atoms with Gasteiger partial charge in [0.1, 0.15) is 5.82 Å². The molecule has 0 atom stereocenters. The molecular formula is C18H22N4O. The van der Waals surface area contributed by atoms with Crippen molar-refractivity contribution in [3.63, 3.8) is 0 Å². The number of carbonyl (C=O) groups excluding carboxylic acids is 1. The largest absolute Gasteiger partial charge is 0.369 e. The van der Waals surface area contributed by atoms with E-state index in [1.54, 1.807) is 6.20 Å². The standard InChI is InChI=1S/C18H22N4O/c1-21(2)12-10-19-17-8-7-15(13-20-17)18(23)22-11-9-14-5-3-4-6-16(14)22/h3-8,13H,9-12H2,1-2H3,(H,19,20). The molecule has 0 aliphatic carbocycles. The Morgan fingerprint density at radius 1 is 1.26 bits per heavy atom. The van der Waals surface area contributed by atoms with Gasteiger partial charge in [0.05, 0.1) is 5.56 Å². The highest BCUT2D eigenvalue weighted by molar-refractivity contribution is 6.07. The van der Waals surface area contributed by atoms with E-state index in [4.69, 9.17) is 0 Å². The van der Waals surface area contributed by atoms with Gasteiger partial charge in [-0.3, -0.25) is 4.79 Å². The van der Waals surface area contributed by atoms with E-state index in [0.717, 1.165) is 37.6 Å². The second kappa shape index (κ2) is 6.79. The molecule has 0 unspecified atom stereocenters. The van der Waals surface area contributed by atoms with E-state index in [9.17, 15) is 4.79 Å². The molecule has 1 N–H and O–H groups in total. The van der Waals surface area contributed by atoms with Gasteiger partial charge < -0.3 is 15.1 Å². The first-order chi connectivity index (χ1) is 11.1. The van der Waals surface area contributed by atoms with Crippen LogP contribution in [0.4, 0.5) is 11.5 Å². The van der Waals surface area contributed by atoms with Gasteiger partial charge in [0.25, 0.3) is 5.91 Å². The monoisotopic (exact) mass is 310 g/mol. The molecule has 2 aromatic rings. The van der Waals surface area contributed by atoms with Crippen molar-refractivity contribution in [2.75, 3.05) is 43.9 Å². The molecule has 0 saturated heterocycles. The molecule has 1 aromatic heterocycles. The number of fused-ring (bicyclic) bond motifs is 1. The average Bonchev–Trinajstić information content (AvgIpc) is 2.98. The number of anilines is 2. The molecule has 1 aliphatic rings. The molecule has 1 aromatic carbocycles. The van der Waals surface area contributed by atoms with Gasteiger partial charge in [0.15, 0.2) is 0 Å². The van der Waals surface area contributed by atoms with E-state index >= 15 is 0 Å². The second-order valence-electron chi connectivity index (χ2n) is 6.00. The van der Waals surface area contributed by atoms with Crippen LogP contribution < -0.4 is 10.2 Å². The number of carbonyl (C=O) groups is 1. The van der Waals surface area contributed by atoms with Crippen molar-refractivity contribution in [1.82, 2.24) is 9.88 Å². The normalized spacial score (nSPS) is 13.3. The maximum atomic E-state index is 12.7. The number of pyridine rings is 1. The van der Waals surface area contributed by atoms with Crippen molar-refractivity contribution in [2.45, 2.75) is 6.42 Å². The Kier molecular flexibility index (Phi) is 4.57. The molecule has 23 heavy (non-hydrogen) atoms. The lowest BCUT2D eigenvalue weighted by Crippen LogP contribution is -2.29. The van der Waals surface area contributed by atoms with Crippen LogP contribution in [0.2, 0.25) is 0 Å². The number of likely N-dealkylation sites (N-methyl/N-ethyl adjacent to an activating group) is 1. The molecule has 5 heteroatoms. The molecule has 5 nitrogen and oxygen atoms in total. The third-order valence-electron chi connectivity index (χ3n) is 4.01. The molecular weight excluding hydrogens is 288 g/mol. The van der Waals surface area contributed by atoms with Crippen molar-refractivity contribution in [1.29, 1.82) is 0 Å². The van der Waals surface area contributed by atoms with Crippen LogP contribution >= 0.6 is 0 Å². The average molecular weight is 310 g/mol. The fourth-order valence-electron chi connectivity index (χ4n) is 2.74. The third-order valence-corrected chi connectivity index (χ3v) is 4.01. The summed E-state index contributed by atoms with van der Waals surface area (Å²) in [5.41, 5.74) is 2.88. The smallest absolute Gasteiger partial charge is 0.259 e. The van der Waals surface area contributed by atoms with E-state index < -0.39 is 0 Å². The van der Waals surface area contributed by atoms with Gasteiger partial charge in [0.2, 0.25) is 0 Å². The van der Waals surface area contributed by atoms with Crippen LogP contribution in [0.15, 0.2) is 42.6 Å². The summed E-state index contributed by atoms with van der Waals surface area (Å²) in [6.07, 6.45) is 2.57. The zero-order valence-corrected chi connectivity index (χ0v) is 13.6. The number of para-hydroxylation sites is 1. The summed E-state index contributed by atoms with van der Waals surface area (Å²) in [5, 5.41) is 3.25. The molecule has 0 spiro atoms. The maximum Gasteiger partial charge on any atom is 0.259 e. The molecule has 0 fully saturated rings. The zero-order chi connectivity index (χ0) is 16.2. The number of nitrogens with zero attached hydrogens (tertiary/aromatic N) is 3. The third kappa shape index (κ3) is 3.51. The van der Waals surface area contributed by atoms with Gasteiger partial charge in [0, 0.05) is 31.5 Å². The summed E-state index contributed by atoms with van der Waals surface area (Å²) in [6, 6.07) is 11.8. The van der Waals surface area contributed by atoms with Crippen molar-refractivity contribution >= 4 is 17.4 Å². The summed E-state index contributed by atoms with van der Waals surface area (Å²) in [4.78, 5) is 21.0. The first-order valence-electron chi connectivity index (χ1n) is 7.89. The van der Waals surface area contributed by atoms with E-state index in [-0.39, 0.29) is 5.91 Å². The molecule has 3 rings (SSSR count). The molecule has 120 valence electrons. The van der Waals surface area contributed by atoms with Crippen molar-refractivity contribution < 1.29 is 4.79 Å². The number of benzene rings is 1. The van der Waals surface area contributed by atoms with Gasteiger partial charge in [-0.2, -0.15) is 0 Å². The Morgan fingerprint density at radius 2 is 2.09 bits per heavy atom. The van der Waals surface area contributed by atoms with E-state index in [1.807, 2.05) is 49.3 Å². The van der Waals surface area contributed by atoms with E-state index in [0.29, 0.717) is 5.56 Å². The van der Waals surface area contributed by atoms with Crippen LogP contribution in [-0.2, 0) is 6.42 Å². The Bertz CT molecular complexity index is 682. The van der Waals surface area contributed by atoms with Gasteiger partial charge in [-0.1, -0.05) is 18.2 Å². The highest BCUT2D eigenvalue weighted by Crippen LogP contribution is 2.28. The first kappa shape index (κ1) is 15.5. The first-order valence-corrected chi connectivity index (χ1v) is 7.89. The topological polar surface area (TPSA) is 48.5 Å². The number of rotatable bonds is 5. The lowest BCUT2D eigenvalue weighted by Gasteiger charge is -2.17. The van der Waals surface area contributed by atoms with E-state index in [2.05, 4.69) is 21.3 Å². The molecule has 0 saturated carbocycles. The SMILES string of the molecule is CN(C)CCNc1ccc(C(=O)N2CCc3ccccc32)cn1. The van der Waals surface area contributed by atoms with Crippen LogP contribution in [0.1, 0.15) is 15.9 Å². The maximum absolute atomic E-state index is 12.7. The lowest BCUT2D eigenvalue weighted by molar-refractivity contribution is 0.0989. The van der Waals surface area contributed by atoms with Gasteiger partial charge in [-0.25, -0.2) is 4.98 Å². The zero-order valence-electron chi connectivity index (χ0n) is 13.6. The van der Waals surface area contributed by atoms with Crippen LogP contribution in [0.5, 0.6) is 0 Å². The highest BCUT2D eigenvalue weighted by Gasteiger charge is 2.25. The summed E-state index contributed by atoms with van der Waals surface area (Å²) < 4.78 is 0. The number of amides is 1. The fourth-order valence-corrected chi connectivity index (χ4v) is 2.74. The van der Waals surface area contributed by atoms with Gasteiger partial charge >= 0.3 is 0 Å². The van der Waals surface area contributed by atoms with Crippen molar-refractivity contribution in [3.8, 4) is 0 Å². The van der Waals surface area contributed by atoms with Gasteiger partial charge in [-0.05, 0) is 44.3 Å². The fraction of sp³-hybridized carbons (Fsp3) is 0.333. The van der Waals surface area contributed by atoms with Gasteiger partial charge in [-0.15, -0.1) is 0 Å². The molecule has 1 aliphatic heterocycles. The summed E-state index contributed by atoms with van der Waals surface area (Å²) in [5.74, 6) is 0.813. The Balaban J connectivity index is 1.67. The highest BCUT2D eigenvalue weighted by atomic mass is 16.2. The predicted molar refractivity (Wildman–Crippen MR) is 93.1 cm³/mol. The molecule has 0 radical (unpaired) electrons.